The number of rotatable bonds is 3. The Morgan fingerprint density at radius 1 is 0.700 bits per heavy atom. The van der Waals surface area contributed by atoms with Crippen molar-refractivity contribution in [1.29, 1.82) is 5.26 Å². The van der Waals surface area contributed by atoms with Crippen LogP contribution in [0.4, 0.5) is 0 Å². The van der Waals surface area contributed by atoms with Crippen molar-refractivity contribution in [3.63, 3.8) is 0 Å². The highest BCUT2D eigenvalue weighted by Crippen LogP contribution is 2.36. The van der Waals surface area contributed by atoms with E-state index in [0.717, 1.165) is 63.1 Å². The van der Waals surface area contributed by atoms with Crippen molar-refractivity contribution in [2.24, 2.45) is 0 Å². The Bertz CT molecular complexity index is 2120. The van der Waals surface area contributed by atoms with Gasteiger partial charge < -0.3 is 0 Å². The van der Waals surface area contributed by atoms with Crippen LogP contribution in [-0.4, -0.2) is 19.1 Å². The summed E-state index contributed by atoms with van der Waals surface area (Å²) < 4.78 is 4.45. The van der Waals surface area contributed by atoms with Gasteiger partial charge in [-0.3, -0.25) is 9.13 Å². The minimum atomic E-state index is 0.639. The molecule has 4 aromatic heterocycles. The van der Waals surface area contributed by atoms with Crippen molar-refractivity contribution in [2.75, 3.05) is 0 Å². The maximum Gasteiger partial charge on any atom is 0.146 e. The molecule has 0 aliphatic heterocycles. The highest BCUT2D eigenvalue weighted by Gasteiger charge is 2.21. The van der Waals surface area contributed by atoms with E-state index < -0.39 is 0 Å². The van der Waals surface area contributed by atoms with Gasteiger partial charge in [0, 0.05) is 22.4 Å². The summed E-state index contributed by atoms with van der Waals surface area (Å²) in [6, 6.07) is 35.4. The van der Waals surface area contributed by atoms with Crippen LogP contribution in [-0.2, 0) is 6.42 Å². The number of benzene rings is 3. The zero-order valence-corrected chi connectivity index (χ0v) is 21.6. The number of aryl methyl sites for hydroxylation is 1. The minimum Gasteiger partial charge on any atom is -0.294 e. The standard InChI is InChI=1S/C35H23N5/c36-22-23-15-17-24(18-16-23)25-20-33(39-30-12-4-1-8-26(30)27-9-2-5-13-31(27)39)38-34(21-25)40-32-14-6-3-10-28(32)29-11-7-19-37-35(29)40/h1,3-8,10-21H,2,9H2. The first-order chi connectivity index (χ1) is 19.8. The lowest BCUT2D eigenvalue weighted by Crippen LogP contribution is -2.07. The van der Waals surface area contributed by atoms with Crippen molar-refractivity contribution in [1.82, 2.24) is 19.1 Å². The van der Waals surface area contributed by atoms with Crippen LogP contribution in [0.5, 0.6) is 0 Å². The van der Waals surface area contributed by atoms with Crippen molar-refractivity contribution in [3.8, 4) is 28.8 Å². The molecule has 0 unspecified atom stereocenters. The molecule has 1 aliphatic rings. The van der Waals surface area contributed by atoms with Crippen molar-refractivity contribution >= 4 is 38.9 Å². The second-order valence-electron chi connectivity index (χ2n) is 10.1. The van der Waals surface area contributed by atoms with Gasteiger partial charge in [0.25, 0.3) is 0 Å². The Morgan fingerprint density at radius 2 is 1.40 bits per heavy atom. The van der Waals surface area contributed by atoms with Gasteiger partial charge >= 0.3 is 0 Å². The lowest BCUT2D eigenvalue weighted by atomic mass is 10.0. The van der Waals surface area contributed by atoms with Crippen LogP contribution in [0.25, 0.3) is 61.7 Å². The molecule has 0 saturated carbocycles. The van der Waals surface area contributed by atoms with E-state index in [2.05, 4.69) is 94.1 Å². The summed E-state index contributed by atoms with van der Waals surface area (Å²) in [4.78, 5) is 10.1. The van der Waals surface area contributed by atoms with E-state index in [0.29, 0.717) is 5.56 Å². The number of allylic oxidation sites excluding steroid dienone is 1. The van der Waals surface area contributed by atoms with Crippen molar-refractivity contribution < 1.29 is 0 Å². The van der Waals surface area contributed by atoms with E-state index in [1.165, 1.54) is 16.6 Å². The molecule has 0 N–H and O–H groups in total. The number of para-hydroxylation sites is 2. The van der Waals surface area contributed by atoms with E-state index >= 15 is 0 Å². The second kappa shape index (κ2) is 8.79. The molecule has 0 atom stereocenters. The van der Waals surface area contributed by atoms with Crippen LogP contribution < -0.4 is 0 Å². The third-order valence-electron chi connectivity index (χ3n) is 7.89. The van der Waals surface area contributed by atoms with Crippen LogP contribution in [0.2, 0.25) is 0 Å². The van der Waals surface area contributed by atoms with Crippen LogP contribution in [0.3, 0.4) is 0 Å². The van der Waals surface area contributed by atoms with E-state index in [4.69, 9.17) is 9.97 Å². The lowest BCUT2D eigenvalue weighted by molar-refractivity contribution is 0.940. The fraction of sp³-hybridized carbons (Fsp3) is 0.0571. The van der Waals surface area contributed by atoms with Gasteiger partial charge in [-0.25, -0.2) is 9.97 Å². The van der Waals surface area contributed by atoms with Gasteiger partial charge in [0.1, 0.15) is 17.3 Å². The number of hydrogen-bond donors (Lipinski definition) is 0. The summed E-state index contributed by atoms with van der Waals surface area (Å²) >= 11 is 0. The molecular weight excluding hydrogens is 490 g/mol. The molecule has 0 amide bonds. The van der Waals surface area contributed by atoms with E-state index in [1.807, 2.05) is 36.5 Å². The second-order valence-corrected chi connectivity index (χ2v) is 10.1. The molecule has 188 valence electrons. The number of pyridine rings is 2. The monoisotopic (exact) mass is 513 g/mol. The van der Waals surface area contributed by atoms with Gasteiger partial charge in [0.05, 0.1) is 28.4 Å². The summed E-state index contributed by atoms with van der Waals surface area (Å²) in [7, 11) is 0. The lowest BCUT2D eigenvalue weighted by Gasteiger charge is -2.16. The molecule has 0 saturated heterocycles. The number of nitrogens with zero attached hydrogens (tertiary/aromatic N) is 5. The van der Waals surface area contributed by atoms with Crippen molar-refractivity contribution in [3.05, 3.63) is 126 Å². The molecular formula is C35H23N5. The number of aromatic nitrogens is 4. The maximum atomic E-state index is 9.37. The van der Waals surface area contributed by atoms with Gasteiger partial charge in [-0.2, -0.15) is 5.26 Å². The zero-order valence-electron chi connectivity index (χ0n) is 21.6. The Labute approximate surface area is 230 Å². The van der Waals surface area contributed by atoms with Gasteiger partial charge in [0.2, 0.25) is 0 Å². The molecule has 3 aromatic carbocycles. The van der Waals surface area contributed by atoms with Crippen LogP contribution in [0, 0.1) is 11.3 Å². The summed E-state index contributed by atoms with van der Waals surface area (Å²) in [5, 5.41) is 12.9. The molecule has 8 rings (SSSR count). The minimum absolute atomic E-state index is 0.639. The topological polar surface area (TPSA) is 59.4 Å². The molecule has 5 nitrogen and oxygen atoms in total. The first kappa shape index (κ1) is 22.5. The highest BCUT2D eigenvalue weighted by molar-refractivity contribution is 6.07. The summed E-state index contributed by atoms with van der Waals surface area (Å²) in [5.41, 5.74) is 8.32. The fourth-order valence-corrected chi connectivity index (χ4v) is 6.10. The van der Waals surface area contributed by atoms with Gasteiger partial charge in [-0.05, 0) is 84.1 Å². The third-order valence-corrected chi connectivity index (χ3v) is 7.89. The first-order valence-electron chi connectivity index (χ1n) is 13.5. The summed E-state index contributed by atoms with van der Waals surface area (Å²) in [5.74, 6) is 1.65. The predicted molar refractivity (Wildman–Crippen MR) is 161 cm³/mol. The quantitative estimate of drug-likeness (QED) is 0.240. The van der Waals surface area contributed by atoms with Crippen LogP contribution in [0.1, 0.15) is 23.2 Å². The van der Waals surface area contributed by atoms with Gasteiger partial charge in [0.15, 0.2) is 0 Å². The Balaban J connectivity index is 1.47. The normalized spacial score (nSPS) is 12.7. The molecule has 0 radical (unpaired) electrons. The first-order valence-corrected chi connectivity index (χ1v) is 13.5. The summed E-state index contributed by atoms with van der Waals surface area (Å²) in [6.07, 6.45) is 8.37. The molecule has 0 fully saturated rings. The van der Waals surface area contributed by atoms with Crippen LogP contribution in [0.15, 0.2) is 109 Å². The van der Waals surface area contributed by atoms with E-state index in [-0.39, 0.29) is 0 Å². The Morgan fingerprint density at radius 3 is 2.20 bits per heavy atom. The SMILES string of the molecule is N#Cc1ccc(-c2cc(-n3c4c(c5ccccc53)CCC=C4)nc(-n3c4ccccc4c4cccnc43)c2)cc1. The average molecular weight is 514 g/mol. The number of fused-ring (bicyclic) bond motifs is 6. The molecule has 0 bridgehead atoms. The molecule has 0 spiro atoms. The fourth-order valence-electron chi connectivity index (χ4n) is 6.10. The third kappa shape index (κ3) is 3.33. The van der Waals surface area contributed by atoms with E-state index in [9.17, 15) is 5.26 Å². The predicted octanol–water partition coefficient (Wildman–Crippen LogP) is 8.02. The molecule has 1 aliphatic carbocycles. The largest absolute Gasteiger partial charge is 0.294 e. The molecule has 5 heteroatoms. The van der Waals surface area contributed by atoms with Crippen LogP contribution >= 0.6 is 0 Å². The van der Waals surface area contributed by atoms with Crippen molar-refractivity contribution in [2.45, 2.75) is 12.8 Å². The van der Waals surface area contributed by atoms with Gasteiger partial charge in [-0.15, -0.1) is 0 Å². The average Bonchev–Trinajstić information content (AvgIpc) is 3.54. The smallest absolute Gasteiger partial charge is 0.146 e. The summed E-state index contributed by atoms with van der Waals surface area (Å²) in [6.45, 7) is 0. The Kier molecular flexibility index (Phi) is 4.95. The Hall–Kier alpha value is -5.47. The highest BCUT2D eigenvalue weighted by atomic mass is 15.2. The maximum absolute atomic E-state index is 9.37. The number of nitriles is 1. The molecule has 7 aromatic rings. The molecule has 4 heterocycles. The van der Waals surface area contributed by atoms with E-state index in [1.54, 1.807) is 0 Å². The molecule has 40 heavy (non-hydrogen) atoms. The number of hydrogen-bond acceptors (Lipinski definition) is 3. The van der Waals surface area contributed by atoms with Gasteiger partial charge in [-0.1, -0.05) is 54.6 Å². The zero-order chi connectivity index (χ0) is 26.6.